The van der Waals surface area contributed by atoms with Crippen molar-refractivity contribution in [1.82, 2.24) is 16.2 Å². The minimum atomic E-state index is -1.79. The summed E-state index contributed by atoms with van der Waals surface area (Å²) < 4.78 is 11.5. The lowest BCUT2D eigenvalue weighted by atomic mass is 9.60. The molecule has 0 spiro atoms. The molecular formula is C44H56N4O8. The number of hydrogen-bond acceptors (Lipinski definition) is 9. The third-order valence-corrected chi connectivity index (χ3v) is 10.6. The zero-order valence-electron chi connectivity index (χ0n) is 32.7. The number of alkyl carbamates (subject to hydrolysis) is 1. The van der Waals surface area contributed by atoms with Crippen molar-refractivity contribution in [3.8, 4) is 11.1 Å². The number of ketones is 1. The minimum Gasteiger partial charge on any atom is -0.449 e. The highest BCUT2D eigenvalue weighted by Crippen LogP contribution is 2.46. The summed E-state index contributed by atoms with van der Waals surface area (Å²) in [5.74, 6) is 0.596. The smallest absolute Gasteiger partial charge is 0.407 e. The number of carbonyl (C=O) groups excluding carboxylic acids is 4. The highest BCUT2D eigenvalue weighted by atomic mass is 16.8. The molecule has 1 fully saturated rings. The van der Waals surface area contributed by atoms with Crippen molar-refractivity contribution in [2.45, 2.75) is 78.0 Å². The summed E-state index contributed by atoms with van der Waals surface area (Å²) in [7, 11) is 0. The lowest BCUT2D eigenvalue weighted by Crippen LogP contribution is -2.59. The minimum absolute atomic E-state index is 0.0179. The van der Waals surface area contributed by atoms with Crippen LogP contribution in [-0.4, -0.2) is 60.9 Å². The Morgan fingerprint density at radius 2 is 1.54 bits per heavy atom. The fourth-order valence-electron chi connectivity index (χ4n) is 8.20. The van der Waals surface area contributed by atoms with Gasteiger partial charge in [0.05, 0.1) is 23.9 Å². The molecule has 1 aliphatic carbocycles. The van der Waals surface area contributed by atoms with Gasteiger partial charge in [-0.15, -0.1) is 0 Å². The fourth-order valence-corrected chi connectivity index (χ4v) is 8.20. The van der Waals surface area contributed by atoms with E-state index in [1.54, 1.807) is 12.2 Å². The summed E-state index contributed by atoms with van der Waals surface area (Å²) in [6, 6.07) is 23.6. The maximum absolute atomic E-state index is 15.3. The standard InChI is InChI=1S/C44H56N4O8/c1-28(2)24-35(41(51)47-45)39(42(52)48-56-38-20-12-13-23-54-38)44(25-29(3)4,22-21-30-14-6-5-7-15-30)40(50)37(26-49)46-43(53)55-27-36-33-18-10-8-16-31(33)32-17-9-11-19-34(32)36/h5-11,14-19,21-22,28-29,35-39,49H,12-13,20,23-27,45H2,1-4H3,(H,46,53)(H,47,51)(H,48,52)/b22-21+/t35-,37-,38?,39-,44?/m1/s1. The van der Waals surface area contributed by atoms with Crippen molar-refractivity contribution >= 4 is 29.8 Å². The average molecular weight is 769 g/mol. The van der Waals surface area contributed by atoms with Crippen molar-refractivity contribution in [2.24, 2.45) is 34.9 Å². The number of nitrogens with two attached hydrogens (primary N) is 1. The van der Waals surface area contributed by atoms with E-state index in [1.807, 2.05) is 107 Å². The third kappa shape index (κ3) is 10.1. The Morgan fingerprint density at radius 1 is 0.893 bits per heavy atom. The van der Waals surface area contributed by atoms with Gasteiger partial charge in [0, 0.05) is 18.9 Å². The number of hydrazine groups is 1. The Balaban J connectivity index is 1.53. The Bertz CT molecular complexity index is 1780. The molecule has 1 aliphatic heterocycles. The molecule has 3 amide bonds. The first-order valence-electron chi connectivity index (χ1n) is 19.6. The fraction of sp³-hybridized carbons (Fsp3) is 0.455. The number of aliphatic hydroxyl groups excluding tert-OH is 1. The molecule has 0 bridgehead atoms. The van der Waals surface area contributed by atoms with Crippen molar-refractivity contribution in [2.75, 3.05) is 19.8 Å². The average Bonchev–Trinajstić information content (AvgIpc) is 3.53. The van der Waals surface area contributed by atoms with Crippen LogP contribution in [0.5, 0.6) is 0 Å². The molecule has 3 aromatic carbocycles. The third-order valence-electron chi connectivity index (χ3n) is 10.6. The topological polar surface area (TPSA) is 178 Å². The first-order chi connectivity index (χ1) is 27.0. The van der Waals surface area contributed by atoms with Gasteiger partial charge in [0.15, 0.2) is 12.1 Å². The lowest BCUT2D eigenvalue weighted by molar-refractivity contribution is -0.205. The molecule has 0 aromatic heterocycles. The number of aliphatic hydroxyl groups is 1. The van der Waals surface area contributed by atoms with Crippen LogP contribution in [0.3, 0.4) is 0 Å². The van der Waals surface area contributed by atoms with E-state index in [-0.39, 0.29) is 37.2 Å². The van der Waals surface area contributed by atoms with Crippen LogP contribution in [0.4, 0.5) is 4.79 Å². The molecule has 2 aliphatic rings. The quantitative estimate of drug-likeness (QED) is 0.0586. The zero-order chi connectivity index (χ0) is 40.2. The van der Waals surface area contributed by atoms with E-state index in [1.165, 1.54) is 0 Å². The number of rotatable bonds is 18. The van der Waals surface area contributed by atoms with Gasteiger partial charge in [-0.3, -0.25) is 19.8 Å². The van der Waals surface area contributed by atoms with Crippen LogP contribution >= 0.6 is 0 Å². The number of hydrogen-bond donors (Lipinski definition) is 5. The van der Waals surface area contributed by atoms with E-state index in [2.05, 4.69) is 16.2 Å². The Labute approximate surface area is 329 Å². The van der Waals surface area contributed by atoms with Gasteiger partial charge in [-0.1, -0.05) is 119 Å². The molecule has 5 atom stereocenters. The Hall–Kier alpha value is -4.88. The molecule has 1 heterocycles. The van der Waals surface area contributed by atoms with Crippen LogP contribution in [0.2, 0.25) is 0 Å². The summed E-state index contributed by atoms with van der Waals surface area (Å²) >= 11 is 0. The van der Waals surface area contributed by atoms with Gasteiger partial charge in [0.2, 0.25) is 11.8 Å². The van der Waals surface area contributed by atoms with Crippen molar-refractivity contribution in [3.05, 3.63) is 102 Å². The van der Waals surface area contributed by atoms with E-state index in [0.717, 1.165) is 40.7 Å². The molecule has 6 N–H and O–H groups in total. The zero-order valence-corrected chi connectivity index (χ0v) is 32.7. The second kappa shape index (κ2) is 19.8. The molecule has 56 heavy (non-hydrogen) atoms. The van der Waals surface area contributed by atoms with Crippen LogP contribution in [0.25, 0.3) is 17.2 Å². The number of hydroxylamine groups is 1. The summed E-state index contributed by atoms with van der Waals surface area (Å²) in [5.41, 5.74) is 7.85. The number of ether oxygens (including phenoxy) is 2. The van der Waals surface area contributed by atoms with Gasteiger partial charge < -0.3 is 19.9 Å². The number of nitrogens with one attached hydrogen (secondary N) is 3. The van der Waals surface area contributed by atoms with Crippen LogP contribution in [0.1, 0.15) is 82.4 Å². The maximum Gasteiger partial charge on any atom is 0.407 e. The monoisotopic (exact) mass is 768 g/mol. The van der Waals surface area contributed by atoms with Gasteiger partial charge >= 0.3 is 6.09 Å². The molecule has 12 nitrogen and oxygen atoms in total. The van der Waals surface area contributed by atoms with E-state index in [4.69, 9.17) is 20.2 Å². The first kappa shape index (κ1) is 42.3. The number of carbonyl (C=O) groups is 4. The summed E-state index contributed by atoms with van der Waals surface area (Å²) in [5, 5.41) is 13.5. The SMILES string of the molecule is CC(C)C[C@@H](C(=O)NN)[C@H](C(=O)NOC1CCCCO1)C(/C=C/c1ccccc1)(CC(C)C)C(=O)[C@@H](CO)NC(=O)OCC1c2ccccc2-c2ccccc21. The molecule has 300 valence electrons. The van der Waals surface area contributed by atoms with Gasteiger partial charge in [-0.05, 0) is 65.3 Å². The Kier molecular flexibility index (Phi) is 15.0. The largest absolute Gasteiger partial charge is 0.449 e. The van der Waals surface area contributed by atoms with E-state index < -0.39 is 59.9 Å². The van der Waals surface area contributed by atoms with Gasteiger partial charge in [0.25, 0.3) is 0 Å². The molecule has 2 unspecified atom stereocenters. The number of Topliss-reactive ketones (excluding diaryl/α,β-unsaturated/α-hetero) is 1. The summed E-state index contributed by atoms with van der Waals surface area (Å²) in [6.45, 7) is 7.24. The number of fused-ring (bicyclic) bond motifs is 3. The van der Waals surface area contributed by atoms with E-state index >= 15 is 4.79 Å². The van der Waals surface area contributed by atoms with Crippen LogP contribution in [0, 0.1) is 29.1 Å². The summed E-state index contributed by atoms with van der Waals surface area (Å²) in [4.78, 5) is 63.2. The number of amides is 3. The molecule has 0 radical (unpaired) electrons. The number of benzene rings is 3. The first-order valence-corrected chi connectivity index (χ1v) is 19.6. The summed E-state index contributed by atoms with van der Waals surface area (Å²) in [6.07, 6.45) is 4.21. The maximum atomic E-state index is 15.3. The highest BCUT2D eigenvalue weighted by molar-refractivity contribution is 6.00. The lowest BCUT2D eigenvalue weighted by Gasteiger charge is -2.43. The second-order valence-corrected chi connectivity index (χ2v) is 15.6. The highest BCUT2D eigenvalue weighted by Gasteiger charge is 2.54. The van der Waals surface area contributed by atoms with Crippen LogP contribution < -0.4 is 22.1 Å². The van der Waals surface area contributed by atoms with Gasteiger partial charge in [0.1, 0.15) is 12.6 Å². The van der Waals surface area contributed by atoms with Crippen LogP contribution in [-0.2, 0) is 28.7 Å². The van der Waals surface area contributed by atoms with Gasteiger partial charge in [-0.25, -0.2) is 21.0 Å². The van der Waals surface area contributed by atoms with E-state index in [9.17, 15) is 19.5 Å². The second-order valence-electron chi connectivity index (χ2n) is 15.6. The molecule has 12 heteroatoms. The normalized spacial score (nSPS) is 18.0. The van der Waals surface area contributed by atoms with Crippen molar-refractivity contribution in [3.63, 3.8) is 0 Å². The molecular weight excluding hydrogens is 713 g/mol. The van der Waals surface area contributed by atoms with Gasteiger partial charge in [-0.2, -0.15) is 0 Å². The predicted octanol–water partition coefficient (Wildman–Crippen LogP) is 6.04. The number of allylic oxidation sites excluding steroid dienone is 1. The molecule has 3 aromatic rings. The predicted molar refractivity (Wildman–Crippen MR) is 213 cm³/mol. The molecule has 1 saturated heterocycles. The van der Waals surface area contributed by atoms with Crippen LogP contribution in [0.15, 0.2) is 84.9 Å². The van der Waals surface area contributed by atoms with Crippen molar-refractivity contribution < 1.29 is 38.6 Å². The molecule has 5 rings (SSSR count). The van der Waals surface area contributed by atoms with E-state index in [0.29, 0.717) is 13.0 Å². The Morgan fingerprint density at radius 3 is 2.11 bits per heavy atom. The van der Waals surface area contributed by atoms with Crippen molar-refractivity contribution in [1.29, 1.82) is 0 Å². The molecule has 0 saturated carbocycles.